The number of fused-ring (bicyclic) bond motifs is 5. The average molecular weight is 359 g/mol. The second-order valence-electron chi connectivity index (χ2n) is 7.07. The lowest BCUT2D eigenvalue weighted by atomic mass is 10.1. The van der Waals surface area contributed by atoms with E-state index in [1.54, 1.807) is 6.26 Å². The van der Waals surface area contributed by atoms with Gasteiger partial charge in [-0.15, -0.1) is 0 Å². The number of nitrogens with zero attached hydrogens (tertiary/aromatic N) is 1. The van der Waals surface area contributed by atoms with E-state index in [-0.39, 0.29) is 0 Å². The fourth-order valence-corrected chi connectivity index (χ4v) is 4.18. The molecule has 0 aliphatic rings. The summed E-state index contributed by atoms with van der Waals surface area (Å²) in [6, 6.07) is 34.1. The van der Waals surface area contributed by atoms with E-state index in [2.05, 4.69) is 89.5 Å². The lowest BCUT2D eigenvalue weighted by Gasteiger charge is -2.09. The van der Waals surface area contributed by atoms with Crippen LogP contribution in [0.1, 0.15) is 0 Å². The summed E-state index contributed by atoms with van der Waals surface area (Å²) in [4.78, 5) is 0. The minimum absolute atomic E-state index is 0.931. The summed E-state index contributed by atoms with van der Waals surface area (Å²) in [5.74, 6) is 0. The summed E-state index contributed by atoms with van der Waals surface area (Å²) in [6.45, 7) is 0. The van der Waals surface area contributed by atoms with Gasteiger partial charge in [-0.05, 0) is 35.4 Å². The Hall–Kier alpha value is -3.78. The largest absolute Gasteiger partial charge is 0.462 e. The van der Waals surface area contributed by atoms with Crippen molar-refractivity contribution in [3.05, 3.63) is 103 Å². The Balaban J connectivity index is 1.66. The number of para-hydroxylation sites is 1. The SMILES string of the molecule is c1ccc(-c2ccc(-n3c4ccccc4c4ccc5ccoc5c43)cc2)cc1. The molecule has 2 heteroatoms. The van der Waals surface area contributed by atoms with E-state index in [0.717, 1.165) is 22.2 Å². The van der Waals surface area contributed by atoms with Crippen molar-refractivity contribution in [3.63, 3.8) is 0 Å². The Bertz CT molecular complexity index is 1440. The van der Waals surface area contributed by atoms with Gasteiger partial charge in [0.25, 0.3) is 0 Å². The van der Waals surface area contributed by atoms with Gasteiger partial charge >= 0.3 is 0 Å². The Morgan fingerprint density at radius 3 is 2.18 bits per heavy atom. The zero-order valence-electron chi connectivity index (χ0n) is 15.2. The molecule has 6 rings (SSSR count). The van der Waals surface area contributed by atoms with Crippen LogP contribution in [0.4, 0.5) is 0 Å². The molecule has 0 aliphatic carbocycles. The second-order valence-corrected chi connectivity index (χ2v) is 7.07. The van der Waals surface area contributed by atoms with Gasteiger partial charge < -0.3 is 8.98 Å². The van der Waals surface area contributed by atoms with Crippen LogP contribution in [0.15, 0.2) is 108 Å². The Labute approximate surface area is 162 Å². The molecule has 4 aromatic carbocycles. The van der Waals surface area contributed by atoms with Crippen LogP contribution >= 0.6 is 0 Å². The van der Waals surface area contributed by atoms with Crippen LogP contribution in [0.3, 0.4) is 0 Å². The molecule has 0 N–H and O–H groups in total. The van der Waals surface area contributed by atoms with E-state index in [1.165, 1.54) is 27.4 Å². The molecule has 2 nitrogen and oxygen atoms in total. The van der Waals surface area contributed by atoms with Gasteiger partial charge in [0.2, 0.25) is 0 Å². The smallest absolute Gasteiger partial charge is 0.158 e. The molecular formula is C26H17NO. The van der Waals surface area contributed by atoms with Crippen molar-refractivity contribution in [2.24, 2.45) is 0 Å². The molecule has 0 unspecified atom stereocenters. The standard InChI is InChI=1S/C26H17NO/c1-2-6-18(7-3-1)19-10-13-21(14-11-19)27-24-9-5-4-8-22(24)23-15-12-20-16-17-28-26(20)25(23)27/h1-17H. The predicted octanol–water partition coefficient (Wildman–Crippen LogP) is 7.20. The van der Waals surface area contributed by atoms with Crippen LogP contribution in [-0.2, 0) is 0 Å². The number of rotatable bonds is 2. The quantitative estimate of drug-likeness (QED) is 0.320. The number of furan rings is 1. The molecule has 0 bridgehead atoms. The van der Waals surface area contributed by atoms with Crippen molar-refractivity contribution in [1.82, 2.24) is 4.57 Å². The first kappa shape index (κ1) is 15.3. The van der Waals surface area contributed by atoms with E-state index < -0.39 is 0 Å². The van der Waals surface area contributed by atoms with Crippen molar-refractivity contribution in [2.45, 2.75) is 0 Å². The first-order chi connectivity index (χ1) is 13.9. The fourth-order valence-electron chi connectivity index (χ4n) is 4.18. The topological polar surface area (TPSA) is 18.1 Å². The minimum atomic E-state index is 0.931. The molecule has 6 aromatic rings. The molecule has 2 aromatic heterocycles. The van der Waals surface area contributed by atoms with Gasteiger partial charge in [-0.25, -0.2) is 0 Å². The molecule has 0 spiro atoms. The Kier molecular flexibility index (Phi) is 3.20. The van der Waals surface area contributed by atoms with Crippen LogP contribution in [0.2, 0.25) is 0 Å². The summed E-state index contributed by atoms with van der Waals surface area (Å²) < 4.78 is 8.21. The predicted molar refractivity (Wildman–Crippen MR) is 116 cm³/mol. The van der Waals surface area contributed by atoms with Crippen LogP contribution < -0.4 is 0 Å². The van der Waals surface area contributed by atoms with Crippen molar-refractivity contribution >= 4 is 32.8 Å². The third kappa shape index (κ3) is 2.15. The fraction of sp³-hybridized carbons (Fsp3) is 0. The summed E-state index contributed by atoms with van der Waals surface area (Å²) in [7, 11) is 0. The molecule has 0 saturated heterocycles. The van der Waals surface area contributed by atoms with Gasteiger partial charge in [0.05, 0.1) is 17.3 Å². The molecule has 0 atom stereocenters. The van der Waals surface area contributed by atoms with E-state index in [9.17, 15) is 0 Å². The third-order valence-electron chi connectivity index (χ3n) is 5.49. The van der Waals surface area contributed by atoms with E-state index in [4.69, 9.17) is 4.42 Å². The van der Waals surface area contributed by atoms with Gasteiger partial charge in [0.1, 0.15) is 0 Å². The van der Waals surface area contributed by atoms with E-state index in [1.807, 2.05) is 12.1 Å². The first-order valence-electron chi connectivity index (χ1n) is 9.45. The average Bonchev–Trinajstić information content (AvgIpc) is 3.37. The molecule has 0 amide bonds. The molecular weight excluding hydrogens is 342 g/mol. The molecule has 0 radical (unpaired) electrons. The maximum atomic E-state index is 5.90. The first-order valence-corrected chi connectivity index (χ1v) is 9.45. The second kappa shape index (κ2) is 5.86. The van der Waals surface area contributed by atoms with Crippen molar-refractivity contribution < 1.29 is 4.42 Å². The molecule has 0 aliphatic heterocycles. The molecule has 2 heterocycles. The van der Waals surface area contributed by atoms with Gasteiger partial charge in [0.15, 0.2) is 5.58 Å². The maximum Gasteiger partial charge on any atom is 0.158 e. The summed E-state index contributed by atoms with van der Waals surface area (Å²) in [6.07, 6.45) is 1.77. The van der Waals surface area contributed by atoms with E-state index in [0.29, 0.717) is 0 Å². The summed E-state index contributed by atoms with van der Waals surface area (Å²) >= 11 is 0. The highest BCUT2D eigenvalue weighted by molar-refractivity contribution is 6.17. The van der Waals surface area contributed by atoms with Gasteiger partial charge in [-0.2, -0.15) is 0 Å². The van der Waals surface area contributed by atoms with Crippen LogP contribution in [-0.4, -0.2) is 4.57 Å². The number of benzene rings is 4. The van der Waals surface area contributed by atoms with E-state index >= 15 is 0 Å². The normalized spacial score (nSPS) is 11.6. The highest BCUT2D eigenvalue weighted by Gasteiger charge is 2.16. The van der Waals surface area contributed by atoms with Crippen molar-refractivity contribution in [1.29, 1.82) is 0 Å². The van der Waals surface area contributed by atoms with Crippen LogP contribution in [0.5, 0.6) is 0 Å². The lowest BCUT2D eigenvalue weighted by molar-refractivity contribution is 0.618. The monoisotopic (exact) mass is 359 g/mol. The van der Waals surface area contributed by atoms with Crippen molar-refractivity contribution in [3.8, 4) is 16.8 Å². The zero-order valence-corrected chi connectivity index (χ0v) is 15.2. The van der Waals surface area contributed by atoms with Gasteiger partial charge in [-0.3, -0.25) is 0 Å². The highest BCUT2D eigenvalue weighted by Crippen LogP contribution is 2.37. The third-order valence-corrected chi connectivity index (χ3v) is 5.49. The number of hydrogen-bond acceptors (Lipinski definition) is 1. The Morgan fingerprint density at radius 1 is 0.571 bits per heavy atom. The minimum Gasteiger partial charge on any atom is -0.462 e. The zero-order chi connectivity index (χ0) is 18.5. The number of aromatic nitrogens is 1. The number of hydrogen-bond donors (Lipinski definition) is 0. The molecule has 132 valence electrons. The summed E-state index contributed by atoms with van der Waals surface area (Å²) in [5, 5.41) is 3.57. The van der Waals surface area contributed by atoms with Gasteiger partial charge in [-0.1, -0.05) is 72.8 Å². The van der Waals surface area contributed by atoms with Crippen LogP contribution in [0, 0.1) is 0 Å². The van der Waals surface area contributed by atoms with Crippen molar-refractivity contribution in [2.75, 3.05) is 0 Å². The Morgan fingerprint density at radius 2 is 1.32 bits per heavy atom. The maximum absolute atomic E-state index is 5.90. The molecule has 28 heavy (non-hydrogen) atoms. The highest BCUT2D eigenvalue weighted by atomic mass is 16.3. The summed E-state index contributed by atoms with van der Waals surface area (Å²) in [5.41, 5.74) is 6.82. The molecule has 0 fully saturated rings. The van der Waals surface area contributed by atoms with Gasteiger partial charge in [0, 0.05) is 21.8 Å². The van der Waals surface area contributed by atoms with Crippen LogP contribution in [0.25, 0.3) is 49.6 Å². The lowest BCUT2D eigenvalue weighted by Crippen LogP contribution is -1.94. The molecule has 0 saturated carbocycles.